The van der Waals surface area contributed by atoms with E-state index >= 15 is 0 Å². The largest absolute Gasteiger partial charge is 0.522 e. The zero-order valence-electron chi connectivity index (χ0n) is 4.33. The van der Waals surface area contributed by atoms with Crippen LogP contribution in [0.3, 0.4) is 0 Å². The van der Waals surface area contributed by atoms with Crippen LogP contribution in [0.2, 0.25) is 0 Å². The maximum absolute atomic E-state index is 11.0. The van der Waals surface area contributed by atoms with E-state index in [4.69, 9.17) is 0 Å². The second-order valence-corrected chi connectivity index (χ2v) is 1.37. The van der Waals surface area contributed by atoms with Crippen molar-refractivity contribution >= 4 is 0 Å². The second kappa shape index (κ2) is 2.35. The highest BCUT2D eigenvalue weighted by Gasteiger charge is 2.30. The number of alkyl halides is 3. The fourth-order valence-electron chi connectivity index (χ4n) is 0.228. The molecule has 0 aromatic carbocycles. The van der Waals surface area contributed by atoms with E-state index in [2.05, 4.69) is 11.7 Å². The number of ether oxygens (including phenoxy) is 1. The third kappa shape index (κ3) is 5.75. The number of rotatable bonds is 1. The first-order chi connectivity index (χ1) is 3.42. The van der Waals surface area contributed by atoms with E-state index in [-0.39, 0.29) is 0 Å². The zero-order valence-corrected chi connectivity index (χ0v) is 4.33. The van der Waals surface area contributed by atoms with Crippen molar-refractivity contribution in [3.8, 4) is 0 Å². The van der Waals surface area contributed by atoms with E-state index in [1.165, 1.54) is 6.92 Å². The number of hydrogen-bond acceptors (Lipinski definition) is 1. The summed E-state index contributed by atoms with van der Waals surface area (Å²) in [6.45, 7) is 4.20. The highest BCUT2D eigenvalue weighted by Crippen LogP contribution is 2.17. The molecule has 0 aliphatic heterocycles. The third-order valence-corrected chi connectivity index (χ3v) is 0.335. The molecule has 0 N–H and O–H groups in total. The van der Waals surface area contributed by atoms with Crippen molar-refractivity contribution in [3.05, 3.63) is 6.92 Å². The van der Waals surface area contributed by atoms with Crippen molar-refractivity contribution in [1.82, 2.24) is 0 Å². The molecule has 1 nitrogen and oxygen atoms in total. The molecule has 0 bridgehead atoms. The van der Waals surface area contributed by atoms with Gasteiger partial charge in [-0.25, -0.2) is 0 Å². The summed E-state index contributed by atoms with van der Waals surface area (Å²) in [5.41, 5.74) is 0. The molecule has 0 fully saturated rings. The van der Waals surface area contributed by atoms with E-state index < -0.39 is 12.5 Å². The molecule has 0 saturated carbocycles. The van der Waals surface area contributed by atoms with Gasteiger partial charge in [0.1, 0.15) is 0 Å². The molecule has 0 aliphatic carbocycles. The van der Waals surface area contributed by atoms with Gasteiger partial charge in [0.25, 0.3) is 0 Å². The molecular weight excluding hydrogens is 121 g/mol. The molecule has 0 spiro atoms. The first-order valence-electron chi connectivity index (χ1n) is 1.99. The monoisotopic (exact) mass is 127 g/mol. The van der Waals surface area contributed by atoms with Crippen LogP contribution in [-0.4, -0.2) is 12.5 Å². The molecule has 0 saturated heterocycles. The second-order valence-electron chi connectivity index (χ2n) is 1.37. The average Bonchev–Trinajstić information content (AvgIpc) is 1.21. The van der Waals surface area contributed by atoms with Crippen molar-refractivity contribution in [3.63, 3.8) is 0 Å². The standard InChI is InChI=1S/C4H6F3O/c1-3(2)8-4(5,6)7/h3H,1H2,2H3/t3-/m1/s1. The molecule has 49 valence electrons. The van der Waals surface area contributed by atoms with Gasteiger partial charge in [-0.3, -0.25) is 4.74 Å². The Hall–Kier alpha value is -0.250. The van der Waals surface area contributed by atoms with Gasteiger partial charge in [0.05, 0.1) is 6.10 Å². The molecule has 0 rings (SSSR count). The number of halogens is 3. The Kier molecular flexibility index (Phi) is 2.27. The topological polar surface area (TPSA) is 9.23 Å². The van der Waals surface area contributed by atoms with Crippen LogP contribution in [0, 0.1) is 6.92 Å². The van der Waals surface area contributed by atoms with Gasteiger partial charge >= 0.3 is 6.36 Å². The van der Waals surface area contributed by atoms with Crippen LogP contribution < -0.4 is 0 Å². The Morgan fingerprint density at radius 3 is 1.88 bits per heavy atom. The lowest BCUT2D eigenvalue weighted by Crippen LogP contribution is -2.18. The van der Waals surface area contributed by atoms with Gasteiger partial charge < -0.3 is 0 Å². The fourth-order valence-corrected chi connectivity index (χ4v) is 0.228. The molecule has 1 atom stereocenters. The minimum atomic E-state index is -4.54. The lowest BCUT2D eigenvalue weighted by Gasteiger charge is -2.08. The van der Waals surface area contributed by atoms with Crippen LogP contribution in [0.25, 0.3) is 0 Å². The molecule has 0 aliphatic rings. The smallest absolute Gasteiger partial charge is 0.289 e. The Bertz CT molecular complexity index is 66.2. The predicted molar refractivity (Wildman–Crippen MR) is 22.0 cm³/mol. The summed E-state index contributed by atoms with van der Waals surface area (Å²) in [5, 5.41) is 0. The average molecular weight is 127 g/mol. The van der Waals surface area contributed by atoms with Crippen LogP contribution in [-0.2, 0) is 4.74 Å². The molecule has 0 aromatic rings. The van der Waals surface area contributed by atoms with E-state index in [1.807, 2.05) is 0 Å². The normalized spacial score (nSPS) is 12.8. The van der Waals surface area contributed by atoms with Crippen LogP contribution >= 0.6 is 0 Å². The van der Waals surface area contributed by atoms with E-state index in [1.54, 1.807) is 0 Å². The van der Waals surface area contributed by atoms with Gasteiger partial charge in [-0.2, -0.15) is 0 Å². The maximum Gasteiger partial charge on any atom is 0.522 e. The summed E-state index contributed by atoms with van der Waals surface area (Å²) < 4.78 is 36.5. The van der Waals surface area contributed by atoms with E-state index in [0.717, 1.165) is 0 Å². The summed E-state index contributed by atoms with van der Waals surface area (Å²) in [7, 11) is 0. The molecule has 4 heteroatoms. The van der Waals surface area contributed by atoms with Crippen LogP contribution in [0.4, 0.5) is 13.2 Å². The summed E-state index contributed by atoms with van der Waals surface area (Å²) in [5.74, 6) is 0. The van der Waals surface area contributed by atoms with Gasteiger partial charge in [0.2, 0.25) is 0 Å². The molecule has 8 heavy (non-hydrogen) atoms. The Balaban J connectivity index is 3.39. The SMILES string of the molecule is [CH2][C@H](C)OC(F)(F)F. The van der Waals surface area contributed by atoms with Crippen molar-refractivity contribution in [1.29, 1.82) is 0 Å². The van der Waals surface area contributed by atoms with Gasteiger partial charge in [-0.05, 0) is 13.8 Å². The van der Waals surface area contributed by atoms with Crippen LogP contribution in [0.5, 0.6) is 0 Å². The fraction of sp³-hybridized carbons (Fsp3) is 0.750. The minimum absolute atomic E-state index is 1.03. The van der Waals surface area contributed by atoms with Crippen molar-refractivity contribution in [2.75, 3.05) is 0 Å². The predicted octanol–water partition coefficient (Wildman–Crippen LogP) is 1.75. The first kappa shape index (κ1) is 7.75. The Labute approximate surface area is 45.4 Å². The molecule has 0 amide bonds. The summed E-state index contributed by atoms with van der Waals surface area (Å²) in [6, 6.07) is 0. The van der Waals surface area contributed by atoms with Gasteiger partial charge in [-0.1, -0.05) is 0 Å². The molecule has 0 aromatic heterocycles. The van der Waals surface area contributed by atoms with Crippen molar-refractivity contribution in [2.24, 2.45) is 0 Å². The summed E-state index contributed by atoms with van der Waals surface area (Å²) in [4.78, 5) is 0. The molecule has 0 unspecified atom stereocenters. The highest BCUT2D eigenvalue weighted by molar-refractivity contribution is 4.49. The van der Waals surface area contributed by atoms with Crippen LogP contribution in [0.1, 0.15) is 6.92 Å². The van der Waals surface area contributed by atoms with Crippen LogP contribution in [0.15, 0.2) is 0 Å². The lowest BCUT2D eigenvalue weighted by atomic mass is 10.5. The first-order valence-corrected chi connectivity index (χ1v) is 1.99. The number of hydrogen-bond donors (Lipinski definition) is 0. The summed E-state index contributed by atoms with van der Waals surface area (Å²) in [6.07, 6.45) is -5.57. The third-order valence-electron chi connectivity index (χ3n) is 0.335. The van der Waals surface area contributed by atoms with Crippen molar-refractivity contribution in [2.45, 2.75) is 19.4 Å². The lowest BCUT2D eigenvalue weighted by molar-refractivity contribution is -0.334. The quantitative estimate of drug-likeness (QED) is 0.521. The molecule has 1 radical (unpaired) electrons. The zero-order chi connectivity index (χ0) is 6.78. The van der Waals surface area contributed by atoms with Gasteiger partial charge in [-0.15, -0.1) is 13.2 Å². The minimum Gasteiger partial charge on any atom is -0.289 e. The van der Waals surface area contributed by atoms with E-state index in [9.17, 15) is 13.2 Å². The molecular formula is C4H6F3O. The molecule has 0 heterocycles. The highest BCUT2D eigenvalue weighted by atomic mass is 19.4. The Morgan fingerprint density at radius 2 is 1.88 bits per heavy atom. The Morgan fingerprint density at radius 1 is 1.50 bits per heavy atom. The van der Waals surface area contributed by atoms with E-state index in [0.29, 0.717) is 0 Å². The maximum atomic E-state index is 11.0. The van der Waals surface area contributed by atoms with Gasteiger partial charge in [0, 0.05) is 0 Å². The summed E-state index contributed by atoms with van der Waals surface area (Å²) >= 11 is 0. The van der Waals surface area contributed by atoms with Crippen molar-refractivity contribution < 1.29 is 17.9 Å². The van der Waals surface area contributed by atoms with Gasteiger partial charge in [0.15, 0.2) is 0 Å².